The summed E-state index contributed by atoms with van der Waals surface area (Å²) in [5, 5.41) is 4.93. The number of ether oxygens (including phenoxy) is 1. The molecule has 4 nitrogen and oxygen atoms in total. The van der Waals surface area contributed by atoms with Crippen LogP contribution in [0.4, 0.5) is 0 Å². The molecule has 0 bridgehead atoms. The number of nitrogens with one attached hydrogen (secondary N) is 1. The minimum atomic E-state index is 0.571. The Bertz CT molecular complexity index is 887. The average molecular weight is 355 g/mol. The van der Waals surface area contributed by atoms with Crippen LogP contribution in [0.1, 0.15) is 16.9 Å². The lowest BCUT2D eigenvalue weighted by Gasteiger charge is -2.06. The monoisotopic (exact) mass is 354 g/mol. The summed E-state index contributed by atoms with van der Waals surface area (Å²) in [5.74, 6) is 2.26. The average Bonchev–Trinajstić information content (AvgIpc) is 3.10. The molecule has 0 saturated heterocycles. The summed E-state index contributed by atoms with van der Waals surface area (Å²) in [6.07, 6.45) is 1.65. The van der Waals surface area contributed by atoms with Crippen LogP contribution in [0.15, 0.2) is 64.1 Å². The second kappa shape index (κ2) is 7.90. The van der Waals surface area contributed by atoms with Gasteiger partial charge in [-0.1, -0.05) is 41.9 Å². The van der Waals surface area contributed by atoms with E-state index in [0.29, 0.717) is 12.3 Å². The summed E-state index contributed by atoms with van der Waals surface area (Å²) in [7, 11) is 1.66. The molecule has 0 atom stereocenters. The molecule has 0 unspecified atom stereocenters. The van der Waals surface area contributed by atoms with Gasteiger partial charge in [-0.25, -0.2) is 0 Å². The van der Waals surface area contributed by atoms with Gasteiger partial charge in [0, 0.05) is 16.1 Å². The van der Waals surface area contributed by atoms with Crippen molar-refractivity contribution in [3.05, 3.63) is 76.5 Å². The molecule has 0 amide bonds. The number of furan rings is 1. The second-order valence-electron chi connectivity index (χ2n) is 5.57. The van der Waals surface area contributed by atoms with E-state index in [2.05, 4.69) is 10.5 Å². The lowest BCUT2D eigenvalue weighted by atomic mass is 10.1. The molecule has 1 aromatic heterocycles. The van der Waals surface area contributed by atoms with E-state index < -0.39 is 0 Å². The zero-order chi connectivity index (χ0) is 17.6. The van der Waals surface area contributed by atoms with Crippen LogP contribution in [-0.2, 0) is 6.54 Å². The van der Waals surface area contributed by atoms with Crippen LogP contribution in [0.3, 0.4) is 0 Å². The van der Waals surface area contributed by atoms with Gasteiger partial charge < -0.3 is 14.6 Å². The fourth-order valence-corrected chi connectivity index (χ4v) is 2.59. The number of para-hydroxylation sites is 1. The molecule has 3 rings (SSSR count). The van der Waals surface area contributed by atoms with Gasteiger partial charge >= 0.3 is 0 Å². The Labute approximate surface area is 152 Å². The number of nitrogens with zero attached hydrogens (tertiary/aromatic N) is 1. The molecule has 5 heteroatoms. The molecule has 1 heterocycles. The first-order chi connectivity index (χ1) is 12.2. The molecule has 0 spiro atoms. The van der Waals surface area contributed by atoms with Crippen LogP contribution in [0.25, 0.3) is 11.3 Å². The van der Waals surface area contributed by atoms with Gasteiger partial charge in [0.15, 0.2) is 0 Å². The Kier molecular flexibility index (Phi) is 5.41. The molecule has 25 heavy (non-hydrogen) atoms. The molecular formula is C20H19ClN2O2. The summed E-state index contributed by atoms with van der Waals surface area (Å²) in [6, 6.07) is 17.5. The third kappa shape index (κ3) is 4.22. The van der Waals surface area contributed by atoms with Crippen LogP contribution >= 0.6 is 11.6 Å². The van der Waals surface area contributed by atoms with E-state index >= 15 is 0 Å². The number of halogens is 1. The topological polar surface area (TPSA) is 46.8 Å². The molecule has 0 saturated carbocycles. The molecule has 128 valence electrons. The van der Waals surface area contributed by atoms with Crippen molar-refractivity contribution in [2.45, 2.75) is 13.5 Å². The number of rotatable bonds is 6. The van der Waals surface area contributed by atoms with Gasteiger partial charge in [-0.3, -0.25) is 0 Å². The highest BCUT2D eigenvalue weighted by molar-refractivity contribution is 6.31. The summed E-state index contributed by atoms with van der Waals surface area (Å²) in [4.78, 5) is 0. The van der Waals surface area contributed by atoms with Crippen LogP contribution < -0.4 is 10.2 Å². The van der Waals surface area contributed by atoms with E-state index in [1.807, 2.05) is 61.5 Å². The third-order valence-electron chi connectivity index (χ3n) is 3.83. The summed E-state index contributed by atoms with van der Waals surface area (Å²) < 4.78 is 11.1. The van der Waals surface area contributed by atoms with Crippen molar-refractivity contribution in [3.8, 4) is 17.1 Å². The van der Waals surface area contributed by atoms with E-state index in [1.165, 1.54) is 0 Å². The van der Waals surface area contributed by atoms with Crippen molar-refractivity contribution < 1.29 is 9.15 Å². The fourth-order valence-electron chi connectivity index (χ4n) is 2.41. The van der Waals surface area contributed by atoms with Gasteiger partial charge in [0.2, 0.25) is 0 Å². The highest BCUT2D eigenvalue weighted by atomic mass is 35.5. The van der Waals surface area contributed by atoms with Crippen molar-refractivity contribution in [1.29, 1.82) is 0 Å². The van der Waals surface area contributed by atoms with Gasteiger partial charge in [0.25, 0.3) is 0 Å². The van der Waals surface area contributed by atoms with Crippen molar-refractivity contribution in [3.63, 3.8) is 0 Å². The van der Waals surface area contributed by atoms with Crippen molar-refractivity contribution in [2.24, 2.45) is 5.10 Å². The molecular weight excluding hydrogens is 336 g/mol. The number of methoxy groups -OCH3 is 1. The SMILES string of the molecule is COc1ccccc1CN/N=C\c1ccc(-c2ccc(C)c(Cl)c2)o1. The lowest BCUT2D eigenvalue weighted by molar-refractivity contribution is 0.408. The van der Waals surface area contributed by atoms with Crippen molar-refractivity contribution in [1.82, 2.24) is 5.43 Å². The normalized spacial score (nSPS) is 11.0. The number of benzene rings is 2. The minimum absolute atomic E-state index is 0.571. The van der Waals surface area contributed by atoms with Gasteiger partial charge in [-0.05, 0) is 36.8 Å². The molecule has 0 aliphatic rings. The molecule has 0 fully saturated rings. The van der Waals surface area contributed by atoms with Crippen LogP contribution in [0, 0.1) is 6.92 Å². The molecule has 3 aromatic rings. The Morgan fingerprint density at radius 3 is 2.80 bits per heavy atom. The van der Waals surface area contributed by atoms with Crippen LogP contribution in [0.5, 0.6) is 5.75 Å². The predicted octanol–water partition coefficient (Wildman–Crippen LogP) is 5.04. The Balaban J connectivity index is 1.63. The maximum Gasteiger partial charge on any atom is 0.147 e. The van der Waals surface area contributed by atoms with Gasteiger partial charge in [0.05, 0.1) is 19.9 Å². The maximum atomic E-state index is 6.17. The Morgan fingerprint density at radius 1 is 1.16 bits per heavy atom. The standard InChI is InChI=1S/C20H19ClN2O2/c1-14-7-8-15(11-18(14)21)20-10-9-17(25-20)13-23-22-12-16-5-3-4-6-19(16)24-2/h3-11,13,22H,12H2,1-2H3/b23-13-. The molecule has 0 aliphatic carbocycles. The number of hydrogen-bond acceptors (Lipinski definition) is 4. The largest absolute Gasteiger partial charge is 0.496 e. The van der Waals surface area contributed by atoms with E-state index in [4.69, 9.17) is 20.8 Å². The predicted molar refractivity (Wildman–Crippen MR) is 101 cm³/mol. The molecule has 0 aliphatic heterocycles. The van der Waals surface area contributed by atoms with Gasteiger partial charge in [-0.2, -0.15) is 5.10 Å². The first kappa shape index (κ1) is 17.1. The zero-order valence-corrected chi connectivity index (χ0v) is 14.9. The zero-order valence-electron chi connectivity index (χ0n) is 14.1. The smallest absolute Gasteiger partial charge is 0.147 e. The Hall–Kier alpha value is -2.72. The van der Waals surface area contributed by atoms with Gasteiger partial charge in [-0.15, -0.1) is 0 Å². The molecule has 0 radical (unpaired) electrons. The molecule has 1 N–H and O–H groups in total. The number of hydrogen-bond donors (Lipinski definition) is 1. The van der Waals surface area contributed by atoms with E-state index in [-0.39, 0.29) is 0 Å². The molecule has 2 aromatic carbocycles. The van der Waals surface area contributed by atoms with E-state index in [1.54, 1.807) is 13.3 Å². The highest BCUT2D eigenvalue weighted by Crippen LogP contribution is 2.26. The van der Waals surface area contributed by atoms with E-state index in [0.717, 1.165) is 33.2 Å². The summed E-state index contributed by atoms with van der Waals surface area (Å²) >= 11 is 6.17. The lowest BCUT2D eigenvalue weighted by Crippen LogP contribution is -2.06. The first-order valence-corrected chi connectivity index (χ1v) is 8.29. The van der Waals surface area contributed by atoms with Gasteiger partial charge in [0.1, 0.15) is 17.3 Å². The van der Waals surface area contributed by atoms with Crippen molar-refractivity contribution in [2.75, 3.05) is 7.11 Å². The third-order valence-corrected chi connectivity index (χ3v) is 4.24. The maximum absolute atomic E-state index is 6.17. The summed E-state index contributed by atoms with van der Waals surface area (Å²) in [6.45, 7) is 2.54. The summed E-state index contributed by atoms with van der Waals surface area (Å²) in [5.41, 5.74) is 6.02. The number of aryl methyl sites for hydroxylation is 1. The Morgan fingerprint density at radius 2 is 2.00 bits per heavy atom. The quantitative estimate of drug-likeness (QED) is 0.498. The van der Waals surface area contributed by atoms with E-state index in [9.17, 15) is 0 Å². The second-order valence-corrected chi connectivity index (χ2v) is 5.98. The van der Waals surface area contributed by atoms with Crippen LogP contribution in [-0.4, -0.2) is 13.3 Å². The first-order valence-electron chi connectivity index (χ1n) is 7.91. The minimum Gasteiger partial charge on any atom is -0.496 e. The number of hydrazone groups is 1. The fraction of sp³-hybridized carbons (Fsp3) is 0.150. The van der Waals surface area contributed by atoms with Crippen LogP contribution in [0.2, 0.25) is 5.02 Å². The van der Waals surface area contributed by atoms with Crippen molar-refractivity contribution >= 4 is 17.8 Å². The highest BCUT2D eigenvalue weighted by Gasteiger charge is 2.05.